The number of hydrogen-bond donors (Lipinski definition) is 3. The lowest BCUT2D eigenvalue weighted by Crippen LogP contribution is -2.42. The summed E-state index contributed by atoms with van der Waals surface area (Å²) in [6, 6.07) is 8.71. The normalized spacial score (nSPS) is 17.4. The van der Waals surface area contributed by atoms with Crippen molar-refractivity contribution >= 4 is 39.4 Å². The van der Waals surface area contributed by atoms with Gasteiger partial charge in [0.2, 0.25) is 5.95 Å². The summed E-state index contributed by atoms with van der Waals surface area (Å²) in [5.41, 5.74) is 2.49. The third-order valence-electron chi connectivity index (χ3n) is 6.98. The van der Waals surface area contributed by atoms with Crippen molar-refractivity contribution in [2.45, 2.75) is 95.2 Å². The van der Waals surface area contributed by atoms with Crippen molar-refractivity contribution in [2.24, 2.45) is 0 Å². The number of para-hydroxylation sites is 1. The number of aromatic nitrogens is 3. The van der Waals surface area contributed by atoms with E-state index >= 15 is 0 Å². The lowest BCUT2D eigenvalue weighted by atomic mass is 9.91. The average Bonchev–Trinajstić information content (AvgIpc) is 2.94. The Bertz CT molecular complexity index is 1470. The molecule has 1 aliphatic carbocycles. The number of halogens is 1. The van der Waals surface area contributed by atoms with E-state index in [1.807, 2.05) is 40.1 Å². The predicted molar refractivity (Wildman–Crippen MR) is 164 cm³/mol. The van der Waals surface area contributed by atoms with E-state index in [1.165, 1.54) is 6.20 Å². The fourth-order valence-corrected chi connectivity index (χ4v) is 6.12. The molecule has 226 valence electrons. The predicted octanol–water partition coefficient (Wildman–Crippen LogP) is 5.92. The Morgan fingerprint density at radius 1 is 1.00 bits per heavy atom. The largest absolute Gasteiger partial charge is 0.444 e. The van der Waals surface area contributed by atoms with Gasteiger partial charge in [-0.25, -0.2) is 23.2 Å². The van der Waals surface area contributed by atoms with Gasteiger partial charge in [-0.3, -0.25) is 9.71 Å². The molecule has 1 amide bonds. The molecule has 0 saturated heterocycles. The molecule has 2 aromatic heterocycles. The van der Waals surface area contributed by atoms with Crippen LogP contribution in [-0.2, 0) is 34.0 Å². The molecule has 0 unspecified atom stereocenters. The van der Waals surface area contributed by atoms with E-state index in [0.717, 1.165) is 42.5 Å². The second-order valence-corrected chi connectivity index (χ2v) is 13.6. The zero-order valence-electron chi connectivity index (χ0n) is 24.5. The van der Waals surface area contributed by atoms with Crippen molar-refractivity contribution in [1.82, 2.24) is 20.3 Å². The van der Waals surface area contributed by atoms with Crippen LogP contribution < -0.4 is 15.4 Å². The lowest BCUT2D eigenvalue weighted by molar-refractivity contribution is 0.0492. The van der Waals surface area contributed by atoms with Gasteiger partial charge in [-0.2, -0.15) is 0 Å². The van der Waals surface area contributed by atoms with Crippen LogP contribution >= 0.6 is 11.6 Å². The molecule has 0 radical (unpaired) electrons. The summed E-state index contributed by atoms with van der Waals surface area (Å²) in [5, 5.41) is 6.69. The van der Waals surface area contributed by atoms with Crippen LogP contribution in [0.2, 0.25) is 5.02 Å². The summed E-state index contributed by atoms with van der Waals surface area (Å²) < 4.78 is 33.8. The van der Waals surface area contributed by atoms with Crippen molar-refractivity contribution in [3.63, 3.8) is 0 Å². The standard InChI is InChI=1S/C30H39ClN6O4S/c1-5-21-16-24(42(39,40)37-27-9-7-6-8-25(27)31)19-32-26(21)15-10-20-17-33-28(34-18-20)35-22-11-13-23(14-12-22)36-29(38)41-30(2,3)4/h6-9,16-19,22-23,37H,5,10-15H2,1-4H3,(H,36,38)(H,33,34,35). The van der Waals surface area contributed by atoms with Crippen molar-refractivity contribution < 1.29 is 17.9 Å². The SMILES string of the molecule is CCc1cc(S(=O)(=O)Nc2ccccc2Cl)cnc1CCc1cnc(NC2CCC(NC(=O)OC(C)(C)C)CC2)nc1. The third-order valence-corrected chi connectivity index (χ3v) is 8.64. The van der Waals surface area contributed by atoms with Crippen molar-refractivity contribution in [2.75, 3.05) is 10.0 Å². The van der Waals surface area contributed by atoms with Gasteiger partial charge in [0, 0.05) is 36.4 Å². The molecular weight excluding hydrogens is 576 g/mol. The molecular formula is C30H39ClN6O4S. The number of amides is 1. The molecule has 42 heavy (non-hydrogen) atoms. The molecule has 10 nitrogen and oxygen atoms in total. The van der Waals surface area contributed by atoms with Gasteiger partial charge >= 0.3 is 6.09 Å². The maximum Gasteiger partial charge on any atom is 0.407 e. The monoisotopic (exact) mass is 614 g/mol. The number of carbonyl (C=O) groups is 1. The molecule has 0 bridgehead atoms. The van der Waals surface area contributed by atoms with Gasteiger partial charge in [0.25, 0.3) is 10.0 Å². The van der Waals surface area contributed by atoms with Gasteiger partial charge in [0.05, 0.1) is 10.7 Å². The smallest absolute Gasteiger partial charge is 0.407 e. The molecule has 1 saturated carbocycles. The van der Waals surface area contributed by atoms with Gasteiger partial charge in [-0.1, -0.05) is 30.7 Å². The van der Waals surface area contributed by atoms with Gasteiger partial charge in [0.1, 0.15) is 10.5 Å². The average molecular weight is 615 g/mol. The summed E-state index contributed by atoms with van der Waals surface area (Å²) in [7, 11) is -3.83. The first-order valence-electron chi connectivity index (χ1n) is 14.2. The Hall–Kier alpha value is -3.44. The molecule has 3 N–H and O–H groups in total. The van der Waals surface area contributed by atoms with Crippen LogP contribution in [0.4, 0.5) is 16.4 Å². The number of anilines is 2. The number of pyridine rings is 1. The topological polar surface area (TPSA) is 135 Å². The van der Waals surface area contributed by atoms with Gasteiger partial charge in [-0.05, 0) is 95.0 Å². The van der Waals surface area contributed by atoms with E-state index in [1.54, 1.807) is 30.3 Å². The Morgan fingerprint density at radius 3 is 2.31 bits per heavy atom. The fourth-order valence-electron chi connectivity index (χ4n) is 4.80. The van der Waals surface area contributed by atoms with Crippen LogP contribution in [0.25, 0.3) is 0 Å². The second kappa shape index (κ2) is 13.7. The molecule has 1 fully saturated rings. The van der Waals surface area contributed by atoms with E-state index in [0.29, 0.717) is 35.9 Å². The molecule has 1 aliphatic rings. The number of nitrogens with zero attached hydrogens (tertiary/aromatic N) is 3. The maximum atomic E-state index is 12.9. The molecule has 4 rings (SSSR count). The molecule has 0 spiro atoms. The first-order chi connectivity index (χ1) is 19.9. The van der Waals surface area contributed by atoms with Crippen LogP contribution in [0.15, 0.2) is 53.8 Å². The number of carbonyl (C=O) groups excluding carboxylic acids is 1. The van der Waals surface area contributed by atoms with E-state index in [4.69, 9.17) is 16.3 Å². The highest BCUT2D eigenvalue weighted by Gasteiger charge is 2.25. The zero-order chi connectivity index (χ0) is 30.3. The summed E-state index contributed by atoms with van der Waals surface area (Å²) >= 11 is 6.12. The highest BCUT2D eigenvalue weighted by molar-refractivity contribution is 7.92. The fraction of sp³-hybridized carbons (Fsp3) is 0.467. The van der Waals surface area contributed by atoms with Crippen LogP contribution in [0.1, 0.15) is 70.2 Å². The minimum atomic E-state index is -3.83. The summed E-state index contributed by atoms with van der Waals surface area (Å²) in [5.74, 6) is 0.579. The summed E-state index contributed by atoms with van der Waals surface area (Å²) in [4.78, 5) is 25.6. The Morgan fingerprint density at radius 2 is 1.67 bits per heavy atom. The van der Waals surface area contributed by atoms with Gasteiger partial charge in [-0.15, -0.1) is 0 Å². The van der Waals surface area contributed by atoms with Gasteiger partial charge in [0.15, 0.2) is 0 Å². The zero-order valence-corrected chi connectivity index (χ0v) is 26.1. The third kappa shape index (κ3) is 9.03. The number of rotatable bonds is 10. The van der Waals surface area contributed by atoms with E-state index < -0.39 is 15.6 Å². The highest BCUT2D eigenvalue weighted by atomic mass is 35.5. The molecule has 0 atom stereocenters. The number of aryl methyl sites for hydroxylation is 3. The highest BCUT2D eigenvalue weighted by Crippen LogP contribution is 2.25. The minimum absolute atomic E-state index is 0.0939. The number of alkyl carbamates (subject to hydrolysis) is 1. The van der Waals surface area contributed by atoms with E-state index in [9.17, 15) is 13.2 Å². The number of benzene rings is 1. The molecule has 1 aromatic carbocycles. The summed E-state index contributed by atoms with van der Waals surface area (Å²) in [6.07, 6.45) is 10.1. The molecule has 2 heterocycles. The van der Waals surface area contributed by atoms with E-state index in [2.05, 4.69) is 30.3 Å². The first-order valence-corrected chi connectivity index (χ1v) is 16.1. The Balaban J connectivity index is 1.28. The van der Waals surface area contributed by atoms with Crippen LogP contribution in [-0.4, -0.2) is 47.1 Å². The molecule has 3 aromatic rings. The van der Waals surface area contributed by atoms with E-state index in [-0.39, 0.29) is 23.1 Å². The lowest BCUT2D eigenvalue weighted by Gasteiger charge is -2.30. The first kappa shape index (κ1) is 31.5. The summed E-state index contributed by atoms with van der Waals surface area (Å²) in [6.45, 7) is 7.54. The molecule has 12 heteroatoms. The number of hydrogen-bond acceptors (Lipinski definition) is 8. The van der Waals surface area contributed by atoms with Crippen LogP contribution in [0, 0.1) is 0 Å². The Labute approximate surface area is 253 Å². The molecule has 0 aliphatic heterocycles. The van der Waals surface area contributed by atoms with Crippen molar-refractivity contribution in [3.05, 3.63) is 70.8 Å². The number of ether oxygens (including phenoxy) is 1. The van der Waals surface area contributed by atoms with Gasteiger partial charge < -0.3 is 15.4 Å². The minimum Gasteiger partial charge on any atom is -0.444 e. The quantitative estimate of drug-likeness (QED) is 0.256. The maximum absolute atomic E-state index is 12.9. The van der Waals surface area contributed by atoms with Crippen molar-refractivity contribution in [1.29, 1.82) is 0 Å². The van der Waals surface area contributed by atoms with Crippen LogP contribution in [0.5, 0.6) is 0 Å². The number of sulfonamides is 1. The van der Waals surface area contributed by atoms with Crippen LogP contribution in [0.3, 0.4) is 0 Å². The number of nitrogens with one attached hydrogen (secondary N) is 3. The van der Waals surface area contributed by atoms with Crippen molar-refractivity contribution in [3.8, 4) is 0 Å². The second-order valence-electron chi connectivity index (χ2n) is 11.5. The Kier molecular flexibility index (Phi) is 10.3.